The molecule has 1 amide bonds. The standard InChI is InChI=1S/C20H23N3O5S/c21-19(24)15-28-20(25)17-7-4-8-18(13-17)29(26,27)23-11-9-22(10-12-23)14-16-5-2-1-3-6-16/h1-8,13H,9-12,14-15H2,(H2,21,24). The Balaban J connectivity index is 1.64. The first-order valence-electron chi connectivity index (χ1n) is 9.18. The third-order valence-corrected chi connectivity index (χ3v) is 6.53. The number of rotatable bonds is 7. The van der Waals surface area contributed by atoms with Crippen LogP contribution in [0.15, 0.2) is 59.5 Å². The van der Waals surface area contributed by atoms with E-state index >= 15 is 0 Å². The van der Waals surface area contributed by atoms with Gasteiger partial charge in [-0.05, 0) is 23.8 Å². The second kappa shape index (κ2) is 9.17. The zero-order valence-electron chi connectivity index (χ0n) is 15.9. The molecule has 8 nitrogen and oxygen atoms in total. The molecule has 1 heterocycles. The molecule has 2 aromatic carbocycles. The molecule has 9 heteroatoms. The van der Waals surface area contributed by atoms with E-state index in [0.717, 1.165) is 6.54 Å². The van der Waals surface area contributed by atoms with Crippen molar-refractivity contribution < 1.29 is 22.7 Å². The lowest BCUT2D eigenvalue weighted by Crippen LogP contribution is -2.48. The third-order valence-electron chi connectivity index (χ3n) is 4.63. The molecule has 2 aromatic rings. The van der Waals surface area contributed by atoms with Gasteiger partial charge in [0.25, 0.3) is 5.91 Å². The molecule has 0 radical (unpaired) electrons. The van der Waals surface area contributed by atoms with Crippen LogP contribution in [0.5, 0.6) is 0 Å². The van der Waals surface area contributed by atoms with Crippen LogP contribution in [0.1, 0.15) is 15.9 Å². The lowest BCUT2D eigenvalue weighted by Gasteiger charge is -2.34. The van der Waals surface area contributed by atoms with Crippen molar-refractivity contribution in [1.29, 1.82) is 0 Å². The van der Waals surface area contributed by atoms with Gasteiger partial charge in [0, 0.05) is 32.7 Å². The topological polar surface area (TPSA) is 110 Å². The number of hydrogen-bond donors (Lipinski definition) is 1. The summed E-state index contributed by atoms with van der Waals surface area (Å²) in [6, 6.07) is 15.6. The second-order valence-electron chi connectivity index (χ2n) is 6.74. The van der Waals surface area contributed by atoms with Crippen LogP contribution in [0.25, 0.3) is 0 Å². The largest absolute Gasteiger partial charge is 0.452 e. The summed E-state index contributed by atoms with van der Waals surface area (Å²) in [6.07, 6.45) is 0. The summed E-state index contributed by atoms with van der Waals surface area (Å²) in [7, 11) is -3.74. The van der Waals surface area contributed by atoms with E-state index in [0.29, 0.717) is 26.2 Å². The molecular formula is C20H23N3O5S. The maximum atomic E-state index is 13.0. The smallest absolute Gasteiger partial charge is 0.338 e. The fourth-order valence-corrected chi connectivity index (χ4v) is 4.59. The minimum Gasteiger partial charge on any atom is -0.452 e. The van der Waals surface area contributed by atoms with Crippen LogP contribution in [-0.2, 0) is 26.1 Å². The Morgan fingerprint density at radius 1 is 0.966 bits per heavy atom. The van der Waals surface area contributed by atoms with Gasteiger partial charge in [-0.3, -0.25) is 9.69 Å². The Kier molecular flexibility index (Phi) is 6.63. The molecule has 2 N–H and O–H groups in total. The van der Waals surface area contributed by atoms with Crippen molar-refractivity contribution in [3.8, 4) is 0 Å². The van der Waals surface area contributed by atoms with Crippen LogP contribution in [0.2, 0.25) is 0 Å². The van der Waals surface area contributed by atoms with E-state index < -0.39 is 28.5 Å². The summed E-state index contributed by atoms with van der Waals surface area (Å²) < 4.78 is 32.1. The second-order valence-corrected chi connectivity index (χ2v) is 8.67. The van der Waals surface area contributed by atoms with Crippen LogP contribution in [0, 0.1) is 0 Å². The molecule has 0 saturated carbocycles. The number of ether oxygens (including phenoxy) is 1. The summed E-state index contributed by atoms with van der Waals surface area (Å²) in [4.78, 5) is 24.9. The average molecular weight is 417 g/mol. The number of carbonyl (C=O) groups excluding carboxylic acids is 2. The lowest BCUT2D eigenvalue weighted by atomic mass is 10.2. The van der Waals surface area contributed by atoms with Gasteiger partial charge in [0.1, 0.15) is 0 Å². The Labute approximate surface area is 169 Å². The highest BCUT2D eigenvalue weighted by Crippen LogP contribution is 2.20. The van der Waals surface area contributed by atoms with Gasteiger partial charge >= 0.3 is 5.97 Å². The molecule has 1 saturated heterocycles. The van der Waals surface area contributed by atoms with Crippen molar-refractivity contribution in [3.05, 3.63) is 65.7 Å². The molecule has 0 aliphatic carbocycles. The number of sulfonamides is 1. The Morgan fingerprint density at radius 3 is 2.31 bits per heavy atom. The number of amides is 1. The summed E-state index contributed by atoms with van der Waals surface area (Å²) in [5, 5.41) is 0. The van der Waals surface area contributed by atoms with Crippen LogP contribution in [-0.4, -0.2) is 62.3 Å². The van der Waals surface area contributed by atoms with Gasteiger partial charge < -0.3 is 10.5 Å². The van der Waals surface area contributed by atoms with Crippen LogP contribution in [0.4, 0.5) is 0 Å². The maximum Gasteiger partial charge on any atom is 0.338 e. The number of piperazine rings is 1. The number of esters is 1. The predicted octanol–water partition coefficient (Wildman–Crippen LogP) is 0.835. The van der Waals surface area contributed by atoms with Crippen molar-refractivity contribution in [2.75, 3.05) is 32.8 Å². The highest BCUT2D eigenvalue weighted by atomic mass is 32.2. The minimum atomic E-state index is -3.74. The highest BCUT2D eigenvalue weighted by Gasteiger charge is 2.29. The number of nitrogens with two attached hydrogens (primary N) is 1. The van der Waals surface area contributed by atoms with Gasteiger partial charge in [0.2, 0.25) is 10.0 Å². The number of hydrogen-bond acceptors (Lipinski definition) is 6. The number of carbonyl (C=O) groups is 2. The molecule has 0 unspecified atom stereocenters. The molecule has 154 valence electrons. The van der Waals surface area contributed by atoms with Gasteiger partial charge in [-0.25, -0.2) is 13.2 Å². The molecule has 1 aliphatic heterocycles. The SMILES string of the molecule is NC(=O)COC(=O)c1cccc(S(=O)(=O)N2CCN(Cc3ccccc3)CC2)c1. The number of primary amides is 1. The quantitative estimate of drug-likeness (QED) is 0.669. The number of nitrogens with zero attached hydrogens (tertiary/aromatic N) is 2. The van der Waals surface area contributed by atoms with E-state index in [1.807, 2.05) is 30.3 Å². The van der Waals surface area contributed by atoms with Gasteiger partial charge in [0.15, 0.2) is 6.61 Å². The van der Waals surface area contributed by atoms with Crippen molar-refractivity contribution in [3.63, 3.8) is 0 Å². The first-order chi connectivity index (χ1) is 13.9. The molecule has 29 heavy (non-hydrogen) atoms. The van der Waals surface area contributed by atoms with Crippen LogP contribution >= 0.6 is 0 Å². The van der Waals surface area contributed by atoms with Gasteiger partial charge in [-0.2, -0.15) is 4.31 Å². The zero-order chi connectivity index (χ0) is 20.9. The Morgan fingerprint density at radius 2 is 1.66 bits per heavy atom. The Bertz CT molecular complexity index is 971. The molecule has 1 aliphatic rings. The molecule has 0 bridgehead atoms. The van der Waals surface area contributed by atoms with Crippen molar-refractivity contribution in [2.24, 2.45) is 5.73 Å². The van der Waals surface area contributed by atoms with Crippen molar-refractivity contribution in [1.82, 2.24) is 9.21 Å². The van der Waals surface area contributed by atoms with Gasteiger partial charge in [-0.15, -0.1) is 0 Å². The summed E-state index contributed by atoms with van der Waals surface area (Å²) in [6.45, 7) is 2.19. The third kappa shape index (κ3) is 5.41. The lowest BCUT2D eigenvalue weighted by molar-refractivity contribution is -0.121. The summed E-state index contributed by atoms with van der Waals surface area (Å²) in [5.41, 5.74) is 6.19. The highest BCUT2D eigenvalue weighted by molar-refractivity contribution is 7.89. The fourth-order valence-electron chi connectivity index (χ4n) is 3.12. The first kappa shape index (κ1) is 21.0. The molecule has 0 spiro atoms. The number of benzene rings is 2. The fraction of sp³-hybridized carbons (Fsp3) is 0.300. The van der Waals surface area contributed by atoms with E-state index in [4.69, 9.17) is 10.5 Å². The van der Waals surface area contributed by atoms with Gasteiger partial charge in [0.05, 0.1) is 10.5 Å². The first-order valence-corrected chi connectivity index (χ1v) is 10.6. The molecular weight excluding hydrogens is 394 g/mol. The van der Waals surface area contributed by atoms with E-state index in [-0.39, 0.29) is 10.5 Å². The van der Waals surface area contributed by atoms with Gasteiger partial charge in [-0.1, -0.05) is 36.4 Å². The van der Waals surface area contributed by atoms with Crippen LogP contribution in [0.3, 0.4) is 0 Å². The normalized spacial score (nSPS) is 15.7. The molecule has 1 fully saturated rings. The molecule has 0 aromatic heterocycles. The molecule has 0 atom stereocenters. The van der Waals surface area contributed by atoms with Crippen LogP contribution < -0.4 is 5.73 Å². The van der Waals surface area contributed by atoms with E-state index in [2.05, 4.69) is 4.90 Å². The zero-order valence-corrected chi connectivity index (χ0v) is 16.7. The van der Waals surface area contributed by atoms with E-state index in [1.165, 1.54) is 34.1 Å². The summed E-state index contributed by atoms with van der Waals surface area (Å²) in [5.74, 6) is -1.58. The average Bonchev–Trinajstić information content (AvgIpc) is 2.73. The minimum absolute atomic E-state index is 0.0162. The van der Waals surface area contributed by atoms with E-state index in [9.17, 15) is 18.0 Å². The summed E-state index contributed by atoms with van der Waals surface area (Å²) >= 11 is 0. The maximum absolute atomic E-state index is 13.0. The monoisotopic (exact) mass is 417 g/mol. The van der Waals surface area contributed by atoms with Crippen molar-refractivity contribution in [2.45, 2.75) is 11.4 Å². The van der Waals surface area contributed by atoms with Crippen molar-refractivity contribution >= 4 is 21.9 Å². The Hall–Kier alpha value is -2.75. The predicted molar refractivity (Wildman–Crippen MR) is 106 cm³/mol. The molecule has 3 rings (SSSR count). The van der Waals surface area contributed by atoms with E-state index in [1.54, 1.807) is 0 Å².